The lowest BCUT2D eigenvalue weighted by atomic mass is 10.1. The summed E-state index contributed by atoms with van der Waals surface area (Å²) in [7, 11) is 0. The molecule has 1 amide bonds. The molecule has 1 aromatic heterocycles. The Morgan fingerprint density at radius 3 is 2.68 bits per heavy atom. The minimum Gasteiger partial charge on any atom is -0.329 e. The summed E-state index contributed by atoms with van der Waals surface area (Å²) in [5.41, 5.74) is 2.13. The second kappa shape index (κ2) is 4.94. The molecule has 2 heterocycles. The standard InChI is InChI=1S/C17H14FN3O/c18-13-6-2-1-5-12(13)17(22)20-9-10-21-15-8-4-3-7-14(15)19-16(21)11-20/h1-8H,9-11H2. The molecule has 3 aromatic rings. The van der Waals surface area contributed by atoms with Crippen LogP contribution in [0.1, 0.15) is 16.2 Å². The molecular weight excluding hydrogens is 281 g/mol. The molecule has 0 spiro atoms. The first kappa shape index (κ1) is 13.0. The highest BCUT2D eigenvalue weighted by molar-refractivity contribution is 5.94. The molecule has 1 aliphatic rings. The maximum atomic E-state index is 13.8. The van der Waals surface area contributed by atoms with E-state index in [2.05, 4.69) is 9.55 Å². The number of carbonyl (C=O) groups is 1. The highest BCUT2D eigenvalue weighted by Gasteiger charge is 2.25. The average molecular weight is 295 g/mol. The van der Waals surface area contributed by atoms with Gasteiger partial charge in [0.2, 0.25) is 0 Å². The van der Waals surface area contributed by atoms with Crippen molar-refractivity contribution in [2.45, 2.75) is 13.1 Å². The molecular formula is C17H14FN3O. The van der Waals surface area contributed by atoms with Gasteiger partial charge >= 0.3 is 0 Å². The lowest BCUT2D eigenvalue weighted by molar-refractivity contribution is 0.0704. The van der Waals surface area contributed by atoms with Gasteiger partial charge in [0.15, 0.2) is 0 Å². The number of hydrogen-bond donors (Lipinski definition) is 0. The molecule has 0 aliphatic carbocycles. The monoisotopic (exact) mass is 295 g/mol. The van der Waals surface area contributed by atoms with E-state index < -0.39 is 5.82 Å². The first-order valence-electron chi connectivity index (χ1n) is 7.22. The molecule has 22 heavy (non-hydrogen) atoms. The third-order valence-corrected chi connectivity index (χ3v) is 4.05. The van der Waals surface area contributed by atoms with Gasteiger partial charge in [0, 0.05) is 13.1 Å². The van der Waals surface area contributed by atoms with Crippen molar-refractivity contribution in [2.24, 2.45) is 0 Å². The molecule has 0 unspecified atom stereocenters. The Morgan fingerprint density at radius 2 is 1.82 bits per heavy atom. The minimum atomic E-state index is -0.480. The molecule has 2 aromatic carbocycles. The highest BCUT2D eigenvalue weighted by Crippen LogP contribution is 2.22. The van der Waals surface area contributed by atoms with Gasteiger partial charge in [-0.05, 0) is 24.3 Å². The Labute approximate surface area is 126 Å². The van der Waals surface area contributed by atoms with Crippen LogP contribution < -0.4 is 0 Å². The number of aromatic nitrogens is 2. The number of amides is 1. The van der Waals surface area contributed by atoms with Crippen LogP contribution in [0.5, 0.6) is 0 Å². The summed E-state index contributed by atoms with van der Waals surface area (Å²) in [5, 5.41) is 0. The molecule has 0 fully saturated rings. The zero-order chi connectivity index (χ0) is 15.1. The van der Waals surface area contributed by atoms with Crippen LogP contribution in [0.3, 0.4) is 0 Å². The summed E-state index contributed by atoms with van der Waals surface area (Å²) in [4.78, 5) is 18.7. The second-order valence-electron chi connectivity index (χ2n) is 5.37. The molecule has 110 valence electrons. The van der Waals surface area contributed by atoms with E-state index in [0.717, 1.165) is 16.9 Å². The minimum absolute atomic E-state index is 0.118. The van der Waals surface area contributed by atoms with Crippen molar-refractivity contribution in [1.29, 1.82) is 0 Å². The van der Waals surface area contributed by atoms with Gasteiger partial charge in [-0.25, -0.2) is 9.37 Å². The fourth-order valence-electron chi connectivity index (χ4n) is 2.94. The lowest BCUT2D eigenvalue weighted by Gasteiger charge is -2.28. The highest BCUT2D eigenvalue weighted by atomic mass is 19.1. The SMILES string of the molecule is O=C(c1ccccc1F)N1CCn2c(nc3ccccc32)C1. The van der Waals surface area contributed by atoms with Crippen LogP contribution in [0.2, 0.25) is 0 Å². The summed E-state index contributed by atoms with van der Waals surface area (Å²) in [6, 6.07) is 14.0. The first-order valence-corrected chi connectivity index (χ1v) is 7.22. The molecule has 4 rings (SSSR count). The molecule has 0 atom stereocenters. The number of imidazole rings is 1. The van der Waals surface area contributed by atoms with Crippen molar-refractivity contribution in [2.75, 3.05) is 6.54 Å². The van der Waals surface area contributed by atoms with E-state index in [1.165, 1.54) is 12.1 Å². The number of fused-ring (bicyclic) bond motifs is 3. The smallest absolute Gasteiger partial charge is 0.257 e. The maximum absolute atomic E-state index is 13.8. The predicted octanol–water partition coefficient (Wildman–Crippen LogP) is 2.83. The quantitative estimate of drug-likeness (QED) is 0.692. The Hall–Kier alpha value is -2.69. The van der Waals surface area contributed by atoms with Gasteiger partial charge in [0.1, 0.15) is 11.6 Å². The normalized spacial score (nSPS) is 14.1. The third-order valence-electron chi connectivity index (χ3n) is 4.05. The number of hydrogen-bond acceptors (Lipinski definition) is 2. The van der Waals surface area contributed by atoms with Gasteiger partial charge in [0.25, 0.3) is 5.91 Å². The second-order valence-corrected chi connectivity index (χ2v) is 5.37. The molecule has 0 saturated carbocycles. The zero-order valence-electron chi connectivity index (χ0n) is 11.9. The van der Waals surface area contributed by atoms with Gasteiger partial charge in [-0.2, -0.15) is 0 Å². The van der Waals surface area contributed by atoms with Gasteiger partial charge in [-0.3, -0.25) is 4.79 Å². The van der Waals surface area contributed by atoms with Crippen molar-refractivity contribution >= 4 is 16.9 Å². The van der Waals surface area contributed by atoms with Gasteiger partial charge in [-0.1, -0.05) is 24.3 Å². The summed E-state index contributed by atoms with van der Waals surface area (Å²) >= 11 is 0. The summed E-state index contributed by atoms with van der Waals surface area (Å²) in [5.74, 6) is 0.0834. The summed E-state index contributed by atoms with van der Waals surface area (Å²) < 4.78 is 15.9. The van der Waals surface area contributed by atoms with Crippen LogP contribution in [0, 0.1) is 5.82 Å². The molecule has 0 radical (unpaired) electrons. The Kier molecular flexibility index (Phi) is 2.92. The lowest BCUT2D eigenvalue weighted by Crippen LogP contribution is -2.38. The molecule has 0 bridgehead atoms. The topological polar surface area (TPSA) is 38.1 Å². The van der Waals surface area contributed by atoms with E-state index in [0.29, 0.717) is 19.6 Å². The van der Waals surface area contributed by atoms with E-state index in [9.17, 15) is 9.18 Å². The van der Waals surface area contributed by atoms with Gasteiger partial charge in [-0.15, -0.1) is 0 Å². The maximum Gasteiger partial charge on any atom is 0.257 e. The van der Waals surface area contributed by atoms with Crippen LogP contribution in [0.25, 0.3) is 11.0 Å². The van der Waals surface area contributed by atoms with Crippen molar-refractivity contribution in [3.05, 3.63) is 65.7 Å². The Morgan fingerprint density at radius 1 is 1.05 bits per heavy atom. The van der Waals surface area contributed by atoms with E-state index in [1.54, 1.807) is 17.0 Å². The number of halogens is 1. The molecule has 0 saturated heterocycles. The molecule has 4 nitrogen and oxygen atoms in total. The molecule has 1 aliphatic heterocycles. The van der Waals surface area contributed by atoms with Crippen molar-refractivity contribution in [1.82, 2.24) is 14.5 Å². The van der Waals surface area contributed by atoms with E-state index in [1.807, 2.05) is 24.3 Å². The van der Waals surface area contributed by atoms with E-state index in [-0.39, 0.29) is 11.5 Å². The number of carbonyl (C=O) groups excluding carboxylic acids is 1. The Balaban J connectivity index is 1.67. The Bertz CT molecular complexity index is 871. The van der Waals surface area contributed by atoms with Crippen LogP contribution in [0.15, 0.2) is 48.5 Å². The van der Waals surface area contributed by atoms with Crippen LogP contribution in [-0.4, -0.2) is 26.9 Å². The van der Waals surface area contributed by atoms with E-state index >= 15 is 0 Å². The summed E-state index contributed by atoms with van der Waals surface area (Å²) in [6.07, 6.45) is 0. The average Bonchev–Trinajstić information content (AvgIpc) is 2.92. The van der Waals surface area contributed by atoms with Gasteiger partial charge in [0.05, 0.1) is 23.1 Å². The third kappa shape index (κ3) is 1.97. The molecule has 5 heteroatoms. The van der Waals surface area contributed by atoms with Crippen LogP contribution in [0.4, 0.5) is 4.39 Å². The summed E-state index contributed by atoms with van der Waals surface area (Å²) in [6.45, 7) is 1.64. The zero-order valence-corrected chi connectivity index (χ0v) is 11.9. The van der Waals surface area contributed by atoms with Crippen molar-refractivity contribution in [3.63, 3.8) is 0 Å². The number of nitrogens with zero attached hydrogens (tertiary/aromatic N) is 3. The predicted molar refractivity (Wildman–Crippen MR) is 80.9 cm³/mol. The van der Waals surface area contributed by atoms with Gasteiger partial charge < -0.3 is 9.47 Å². The van der Waals surface area contributed by atoms with E-state index in [4.69, 9.17) is 0 Å². The first-order chi connectivity index (χ1) is 10.7. The molecule has 0 N–H and O–H groups in total. The number of rotatable bonds is 1. The number of para-hydroxylation sites is 2. The number of benzene rings is 2. The fourth-order valence-corrected chi connectivity index (χ4v) is 2.94. The largest absolute Gasteiger partial charge is 0.329 e. The van der Waals surface area contributed by atoms with Crippen molar-refractivity contribution in [3.8, 4) is 0 Å². The van der Waals surface area contributed by atoms with Crippen LogP contribution in [-0.2, 0) is 13.1 Å². The van der Waals surface area contributed by atoms with Crippen LogP contribution >= 0.6 is 0 Å². The fraction of sp³-hybridized carbons (Fsp3) is 0.176. The van der Waals surface area contributed by atoms with Crippen molar-refractivity contribution < 1.29 is 9.18 Å².